The molecule has 0 unspecified atom stereocenters. The van der Waals surface area contributed by atoms with Crippen LogP contribution in [0.5, 0.6) is 0 Å². The summed E-state index contributed by atoms with van der Waals surface area (Å²) in [5.41, 5.74) is 2.24. The Labute approximate surface area is 138 Å². The molecule has 0 atom stereocenters. The van der Waals surface area contributed by atoms with Crippen molar-refractivity contribution in [3.63, 3.8) is 0 Å². The van der Waals surface area contributed by atoms with Gasteiger partial charge in [-0.2, -0.15) is 0 Å². The second-order valence-corrected chi connectivity index (χ2v) is 9.17. The summed E-state index contributed by atoms with van der Waals surface area (Å²) in [6.45, 7) is 0.0568. The molecule has 0 aromatic heterocycles. The molecule has 0 fully saturated rings. The first-order valence-corrected chi connectivity index (χ1v) is 9.91. The molecule has 1 nitrogen and oxygen atoms in total. The molecule has 2 heteroatoms. The second kappa shape index (κ2) is 7.23. The predicted molar refractivity (Wildman–Crippen MR) is 100 cm³/mol. The summed E-state index contributed by atoms with van der Waals surface area (Å²) < 4.78 is 0. The van der Waals surface area contributed by atoms with E-state index in [0.29, 0.717) is 0 Å². The predicted octanol–water partition coefficient (Wildman–Crippen LogP) is 2.24. The van der Waals surface area contributed by atoms with Crippen molar-refractivity contribution < 1.29 is 5.11 Å². The minimum atomic E-state index is -2.29. The molecule has 3 rings (SSSR count). The van der Waals surface area contributed by atoms with Crippen LogP contribution in [0.3, 0.4) is 0 Å². The van der Waals surface area contributed by atoms with Crippen LogP contribution in [0.15, 0.2) is 103 Å². The first-order valence-electron chi connectivity index (χ1n) is 7.83. The molecule has 0 aliphatic heterocycles. The highest BCUT2D eigenvalue weighted by Gasteiger charge is 2.36. The molecule has 1 N–H and O–H groups in total. The van der Waals surface area contributed by atoms with Crippen molar-refractivity contribution >= 4 is 23.6 Å². The van der Waals surface area contributed by atoms with E-state index in [1.807, 2.05) is 6.08 Å². The topological polar surface area (TPSA) is 20.2 Å². The highest BCUT2D eigenvalue weighted by molar-refractivity contribution is 7.14. The van der Waals surface area contributed by atoms with Crippen LogP contribution in [0.1, 0.15) is 0 Å². The van der Waals surface area contributed by atoms with E-state index in [-0.39, 0.29) is 6.61 Å². The molecule has 0 saturated carbocycles. The van der Waals surface area contributed by atoms with Gasteiger partial charge in [-0.05, 0) is 15.6 Å². The monoisotopic (exact) mass is 316 g/mol. The summed E-state index contributed by atoms with van der Waals surface area (Å²) >= 11 is 0. The number of hydrogen-bond acceptors (Lipinski definition) is 1. The standard InChI is InChI=1S/C21H20OSi/c22-17-10-18-23(19-11-4-1-5-12-19,20-13-6-2-7-14-20)21-15-8-3-9-16-21/h1-16,18,22H,17H2/b18-10-. The van der Waals surface area contributed by atoms with E-state index in [0.717, 1.165) is 0 Å². The van der Waals surface area contributed by atoms with Crippen molar-refractivity contribution in [2.45, 2.75) is 0 Å². The van der Waals surface area contributed by atoms with Crippen LogP contribution in [-0.4, -0.2) is 19.8 Å². The van der Waals surface area contributed by atoms with Gasteiger partial charge in [-0.15, -0.1) is 0 Å². The van der Waals surface area contributed by atoms with Crippen LogP contribution in [0.2, 0.25) is 0 Å². The first kappa shape index (κ1) is 15.5. The van der Waals surface area contributed by atoms with E-state index in [2.05, 4.69) is 96.7 Å². The maximum Gasteiger partial charge on any atom is 0.172 e. The molecule has 23 heavy (non-hydrogen) atoms. The van der Waals surface area contributed by atoms with E-state index >= 15 is 0 Å². The lowest BCUT2D eigenvalue weighted by atomic mass is 10.3. The lowest BCUT2D eigenvalue weighted by molar-refractivity contribution is 0.343. The lowest BCUT2D eigenvalue weighted by Gasteiger charge is -2.30. The summed E-state index contributed by atoms with van der Waals surface area (Å²) in [6.07, 6.45) is 1.89. The Balaban J connectivity index is 2.33. The van der Waals surface area contributed by atoms with Crippen LogP contribution in [0, 0.1) is 0 Å². The minimum absolute atomic E-state index is 0.0568. The van der Waals surface area contributed by atoms with Crippen molar-refractivity contribution in [1.29, 1.82) is 0 Å². The Morgan fingerprint density at radius 2 is 0.957 bits per heavy atom. The van der Waals surface area contributed by atoms with Crippen molar-refractivity contribution in [3.8, 4) is 0 Å². The van der Waals surface area contributed by atoms with Gasteiger partial charge in [0.25, 0.3) is 0 Å². The largest absolute Gasteiger partial charge is 0.392 e. The third-order valence-corrected chi connectivity index (χ3v) is 8.63. The molecule has 0 radical (unpaired) electrons. The maximum atomic E-state index is 9.41. The van der Waals surface area contributed by atoms with Gasteiger partial charge in [0.1, 0.15) is 0 Å². The Hall–Kier alpha value is -2.42. The van der Waals surface area contributed by atoms with E-state index in [1.54, 1.807) is 0 Å². The Kier molecular flexibility index (Phi) is 4.86. The molecule has 114 valence electrons. The fraction of sp³-hybridized carbons (Fsp3) is 0.0476. The van der Waals surface area contributed by atoms with Crippen LogP contribution in [-0.2, 0) is 0 Å². The van der Waals surface area contributed by atoms with Gasteiger partial charge in [0.2, 0.25) is 0 Å². The molecule has 0 amide bonds. The minimum Gasteiger partial charge on any atom is -0.392 e. The smallest absolute Gasteiger partial charge is 0.172 e. The normalized spacial score (nSPS) is 11.7. The first-order chi connectivity index (χ1) is 11.4. The zero-order chi connectivity index (χ0) is 16.0. The summed E-state index contributed by atoms with van der Waals surface area (Å²) in [5.74, 6) is 0. The van der Waals surface area contributed by atoms with E-state index in [9.17, 15) is 5.11 Å². The molecule has 0 aliphatic carbocycles. The average Bonchev–Trinajstić information content (AvgIpc) is 2.65. The van der Waals surface area contributed by atoms with Crippen LogP contribution in [0.4, 0.5) is 0 Å². The Morgan fingerprint density at radius 1 is 0.609 bits per heavy atom. The van der Waals surface area contributed by atoms with Crippen molar-refractivity contribution in [2.24, 2.45) is 0 Å². The summed E-state index contributed by atoms with van der Waals surface area (Å²) in [6, 6.07) is 31.9. The molecule has 0 bridgehead atoms. The third-order valence-electron chi connectivity index (χ3n) is 4.16. The van der Waals surface area contributed by atoms with Gasteiger partial charge in [0.15, 0.2) is 8.07 Å². The quantitative estimate of drug-likeness (QED) is 0.565. The lowest BCUT2D eigenvalue weighted by Crippen LogP contribution is -2.66. The summed E-state index contributed by atoms with van der Waals surface area (Å²) in [7, 11) is -2.29. The van der Waals surface area contributed by atoms with Crippen molar-refractivity contribution in [2.75, 3.05) is 6.61 Å². The number of aliphatic hydroxyl groups excluding tert-OH is 1. The van der Waals surface area contributed by atoms with E-state index in [1.165, 1.54) is 15.6 Å². The molecular formula is C21H20OSi. The zero-order valence-electron chi connectivity index (χ0n) is 13.0. The number of hydrogen-bond donors (Lipinski definition) is 1. The van der Waals surface area contributed by atoms with Gasteiger partial charge in [-0.1, -0.05) is 103 Å². The zero-order valence-corrected chi connectivity index (χ0v) is 14.0. The van der Waals surface area contributed by atoms with Gasteiger partial charge in [-0.3, -0.25) is 0 Å². The van der Waals surface area contributed by atoms with Crippen LogP contribution >= 0.6 is 0 Å². The van der Waals surface area contributed by atoms with Gasteiger partial charge in [0.05, 0.1) is 6.61 Å². The molecule has 3 aromatic carbocycles. The number of benzene rings is 3. The maximum absolute atomic E-state index is 9.41. The molecule has 0 heterocycles. The average molecular weight is 316 g/mol. The Morgan fingerprint density at radius 3 is 1.26 bits per heavy atom. The molecule has 0 saturated heterocycles. The van der Waals surface area contributed by atoms with E-state index < -0.39 is 8.07 Å². The highest BCUT2D eigenvalue weighted by Crippen LogP contribution is 2.09. The molecule has 0 spiro atoms. The van der Waals surface area contributed by atoms with Gasteiger partial charge < -0.3 is 5.11 Å². The van der Waals surface area contributed by atoms with Crippen molar-refractivity contribution in [1.82, 2.24) is 0 Å². The fourth-order valence-corrected chi connectivity index (χ4v) is 7.31. The van der Waals surface area contributed by atoms with Gasteiger partial charge in [-0.25, -0.2) is 0 Å². The fourth-order valence-electron chi connectivity index (χ4n) is 3.12. The van der Waals surface area contributed by atoms with Crippen molar-refractivity contribution in [3.05, 3.63) is 103 Å². The number of rotatable bonds is 5. The third kappa shape index (κ3) is 3.04. The van der Waals surface area contributed by atoms with Crippen LogP contribution < -0.4 is 15.6 Å². The van der Waals surface area contributed by atoms with Gasteiger partial charge >= 0.3 is 0 Å². The summed E-state index contributed by atoms with van der Waals surface area (Å²) in [4.78, 5) is 0. The Bertz CT molecular complexity index is 655. The summed E-state index contributed by atoms with van der Waals surface area (Å²) in [5, 5.41) is 13.4. The molecule has 3 aromatic rings. The highest BCUT2D eigenvalue weighted by atomic mass is 28.3. The van der Waals surface area contributed by atoms with Gasteiger partial charge in [0, 0.05) is 0 Å². The second-order valence-electron chi connectivity index (χ2n) is 5.49. The molecule has 0 aliphatic rings. The SMILES string of the molecule is OC/C=C\[Si](c1ccccc1)(c1ccccc1)c1ccccc1. The van der Waals surface area contributed by atoms with Crippen LogP contribution in [0.25, 0.3) is 0 Å². The molecular weight excluding hydrogens is 296 g/mol. The van der Waals surface area contributed by atoms with E-state index in [4.69, 9.17) is 0 Å². The number of aliphatic hydroxyl groups is 1.